The van der Waals surface area contributed by atoms with Gasteiger partial charge in [0.15, 0.2) is 0 Å². The molecule has 0 amide bonds. The Bertz CT molecular complexity index is 444. The summed E-state index contributed by atoms with van der Waals surface area (Å²) in [7, 11) is 1.66. The number of nitrogens with one attached hydrogen (secondary N) is 1. The number of hydrogen-bond donors (Lipinski definition) is 1. The molecular formula is C11H14N4O2. The third-order valence-corrected chi connectivity index (χ3v) is 2.17. The first-order valence-electron chi connectivity index (χ1n) is 5.33. The van der Waals surface area contributed by atoms with Gasteiger partial charge in [0.05, 0.1) is 13.2 Å². The summed E-state index contributed by atoms with van der Waals surface area (Å²) < 4.78 is 10.0. The highest BCUT2D eigenvalue weighted by Gasteiger charge is 2.07. The molecule has 0 radical (unpaired) electrons. The second kappa shape index (κ2) is 6.07. The lowest BCUT2D eigenvalue weighted by atomic mass is 10.2. The fourth-order valence-electron chi connectivity index (χ4n) is 1.31. The first-order valence-corrected chi connectivity index (χ1v) is 5.33. The zero-order valence-electron chi connectivity index (χ0n) is 9.59. The van der Waals surface area contributed by atoms with Gasteiger partial charge in [0.1, 0.15) is 0 Å². The van der Waals surface area contributed by atoms with Crippen molar-refractivity contribution in [2.24, 2.45) is 0 Å². The van der Waals surface area contributed by atoms with Gasteiger partial charge in [-0.05, 0) is 12.1 Å². The van der Waals surface area contributed by atoms with Crippen molar-refractivity contribution in [3.8, 4) is 11.4 Å². The van der Waals surface area contributed by atoms with Crippen LogP contribution in [0.2, 0.25) is 0 Å². The van der Waals surface area contributed by atoms with E-state index in [1.807, 2.05) is 12.1 Å². The Balaban J connectivity index is 1.92. The summed E-state index contributed by atoms with van der Waals surface area (Å²) in [6.07, 6.45) is 3.39. The van der Waals surface area contributed by atoms with E-state index in [2.05, 4.69) is 20.4 Å². The maximum atomic E-state index is 5.11. The standard InChI is InChI=1S/C11H14N4O2/c1-16-7-6-13-8-10-14-11(15-17-10)9-2-4-12-5-3-9/h2-5,13H,6-8H2,1H3. The predicted octanol–water partition coefficient (Wildman–Crippen LogP) is 0.868. The maximum Gasteiger partial charge on any atom is 0.240 e. The second-order valence-electron chi connectivity index (χ2n) is 3.42. The SMILES string of the molecule is COCCNCc1nc(-c2ccncc2)no1. The Labute approximate surface area is 99.0 Å². The fraction of sp³-hybridized carbons (Fsp3) is 0.364. The summed E-state index contributed by atoms with van der Waals surface area (Å²) in [4.78, 5) is 8.20. The van der Waals surface area contributed by atoms with Gasteiger partial charge < -0.3 is 14.6 Å². The Kier molecular flexibility index (Phi) is 4.17. The predicted molar refractivity (Wildman–Crippen MR) is 61.1 cm³/mol. The Hall–Kier alpha value is -1.79. The highest BCUT2D eigenvalue weighted by Crippen LogP contribution is 2.13. The van der Waals surface area contributed by atoms with Crippen molar-refractivity contribution in [3.05, 3.63) is 30.4 Å². The highest BCUT2D eigenvalue weighted by molar-refractivity contribution is 5.52. The van der Waals surface area contributed by atoms with Crippen molar-refractivity contribution in [1.29, 1.82) is 0 Å². The van der Waals surface area contributed by atoms with E-state index in [0.29, 0.717) is 24.9 Å². The molecule has 0 saturated carbocycles. The van der Waals surface area contributed by atoms with E-state index in [1.165, 1.54) is 0 Å². The van der Waals surface area contributed by atoms with Crippen LogP contribution in [0.5, 0.6) is 0 Å². The lowest BCUT2D eigenvalue weighted by molar-refractivity contribution is 0.197. The molecule has 6 nitrogen and oxygen atoms in total. The molecule has 0 spiro atoms. The van der Waals surface area contributed by atoms with Crippen LogP contribution in [0.1, 0.15) is 5.89 Å². The van der Waals surface area contributed by atoms with Crippen LogP contribution in [-0.4, -0.2) is 35.4 Å². The molecule has 0 aliphatic rings. The summed E-state index contributed by atoms with van der Waals surface area (Å²) in [6.45, 7) is 1.95. The van der Waals surface area contributed by atoms with Crippen molar-refractivity contribution >= 4 is 0 Å². The number of pyridine rings is 1. The van der Waals surface area contributed by atoms with Crippen LogP contribution < -0.4 is 5.32 Å². The van der Waals surface area contributed by atoms with Crippen molar-refractivity contribution in [3.63, 3.8) is 0 Å². The molecular weight excluding hydrogens is 220 g/mol. The van der Waals surface area contributed by atoms with E-state index in [1.54, 1.807) is 19.5 Å². The molecule has 17 heavy (non-hydrogen) atoms. The minimum absolute atomic E-state index is 0.543. The molecule has 0 aromatic carbocycles. The van der Waals surface area contributed by atoms with E-state index in [0.717, 1.165) is 12.1 Å². The maximum absolute atomic E-state index is 5.11. The van der Waals surface area contributed by atoms with E-state index >= 15 is 0 Å². The summed E-state index contributed by atoms with van der Waals surface area (Å²) in [5.74, 6) is 1.14. The van der Waals surface area contributed by atoms with Gasteiger partial charge in [-0.1, -0.05) is 5.16 Å². The van der Waals surface area contributed by atoms with Gasteiger partial charge in [0, 0.05) is 31.6 Å². The first-order chi connectivity index (χ1) is 8.40. The molecule has 90 valence electrons. The van der Waals surface area contributed by atoms with Gasteiger partial charge in [-0.15, -0.1) is 0 Å². The lowest BCUT2D eigenvalue weighted by Crippen LogP contribution is -2.18. The van der Waals surface area contributed by atoms with Crippen LogP contribution in [-0.2, 0) is 11.3 Å². The van der Waals surface area contributed by atoms with Crippen molar-refractivity contribution < 1.29 is 9.26 Å². The third kappa shape index (κ3) is 3.33. The monoisotopic (exact) mass is 234 g/mol. The largest absolute Gasteiger partial charge is 0.383 e. The number of nitrogens with zero attached hydrogens (tertiary/aromatic N) is 3. The normalized spacial score (nSPS) is 10.6. The van der Waals surface area contributed by atoms with E-state index in [-0.39, 0.29) is 0 Å². The smallest absolute Gasteiger partial charge is 0.240 e. The average Bonchev–Trinajstić information content (AvgIpc) is 2.85. The molecule has 2 aromatic heterocycles. The number of aromatic nitrogens is 3. The molecule has 0 aliphatic carbocycles. The van der Waals surface area contributed by atoms with Crippen molar-refractivity contribution in [2.45, 2.75) is 6.54 Å². The number of methoxy groups -OCH3 is 1. The minimum Gasteiger partial charge on any atom is -0.383 e. The third-order valence-electron chi connectivity index (χ3n) is 2.17. The van der Waals surface area contributed by atoms with E-state index in [4.69, 9.17) is 9.26 Å². The summed E-state index contributed by atoms with van der Waals surface area (Å²) in [5, 5.41) is 7.03. The molecule has 0 aliphatic heterocycles. The van der Waals surface area contributed by atoms with Gasteiger partial charge >= 0.3 is 0 Å². The average molecular weight is 234 g/mol. The van der Waals surface area contributed by atoms with Crippen LogP contribution >= 0.6 is 0 Å². The van der Waals surface area contributed by atoms with Crippen LogP contribution in [0.15, 0.2) is 29.0 Å². The Morgan fingerprint density at radius 1 is 1.35 bits per heavy atom. The Morgan fingerprint density at radius 2 is 2.18 bits per heavy atom. The fourth-order valence-corrected chi connectivity index (χ4v) is 1.31. The van der Waals surface area contributed by atoms with Crippen LogP contribution in [0, 0.1) is 0 Å². The topological polar surface area (TPSA) is 73.1 Å². The van der Waals surface area contributed by atoms with E-state index < -0.39 is 0 Å². The van der Waals surface area contributed by atoms with Crippen LogP contribution in [0.25, 0.3) is 11.4 Å². The van der Waals surface area contributed by atoms with Gasteiger partial charge in [-0.25, -0.2) is 0 Å². The van der Waals surface area contributed by atoms with Gasteiger partial charge in [0.2, 0.25) is 11.7 Å². The summed E-state index contributed by atoms with van der Waals surface area (Å²) >= 11 is 0. The minimum atomic E-state index is 0.543. The number of rotatable bonds is 6. The summed E-state index contributed by atoms with van der Waals surface area (Å²) in [5.41, 5.74) is 0.895. The molecule has 2 heterocycles. The van der Waals surface area contributed by atoms with Crippen molar-refractivity contribution in [2.75, 3.05) is 20.3 Å². The molecule has 6 heteroatoms. The molecule has 0 unspecified atom stereocenters. The molecule has 1 N–H and O–H groups in total. The molecule has 0 fully saturated rings. The number of hydrogen-bond acceptors (Lipinski definition) is 6. The molecule has 0 atom stereocenters. The van der Waals surface area contributed by atoms with Gasteiger partial charge in [0.25, 0.3) is 0 Å². The molecule has 2 rings (SSSR count). The van der Waals surface area contributed by atoms with Gasteiger partial charge in [-0.3, -0.25) is 4.98 Å². The molecule has 2 aromatic rings. The number of ether oxygens (including phenoxy) is 1. The molecule has 0 saturated heterocycles. The zero-order valence-corrected chi connectivity index (χ0v) is 9.59. The Morgan fingerprint density at radius 3 is 2.94 bits per heavy atom. The van der Waals surface area contributed by atoms with Gasteiger partial charge in [-0.2, -0.15) is 4.98 Å². The zero-order chi connectivity index (χ0) is 11.9. The first kappa shape index (κ1) is 11.7. The van der Waals surface area contributed by atoms with E-state index in [9.17, 15) is 0 Å². The lowest BCUT2D eigenvalue weighted by Gasteiger charge is -1.98. The summed E-state index contributed by atoms with van der Waals surface area (Å²) in [6, 6.07) is 3.68. The second-order valence-corrected chi connectivity index (χ2v) is 3.42. The molecule has 0 bridgehead atoms. The quantitative estimate of drug-likeness (QED) is 0.747. The van der Waals surface area contributed by atoms with Crippen molar-refractivity contribution in [1.82, 2.24) is 20.4 Å². The van der Waals surface area contributed by atoms with Crippen LogP contribution in [0.4, 0.5) is 0 Å². The van der Waals surface area contributed by atoms with Crippen LogP contribution in [0.3, 0.4) is 0 Å². The highest BCUT2D eigenvalue weighted by atomic mass is 16.5.